The second kappa shape index (κ2) is 7.91. The maximum atomic E-state index is 14.8. The summed E-state index contributed by atoms with van der Waals surface area (Å²) in [6.45, 7) is 0. The van der Waals surface area contributed by atoms with E-state index in [4.69, 9.17) is 4.74 Å². The quantitative estimate of drug-likeness (QED) is 0.568. The zero-order chi connectivity index (χ0) is 21.4. The molecule has 156 valence electrons. The molecule has 0 unspecified atom stereocenters. The van der Waals surface area contributed by atoms with Gasteiger partial charge in [-0.25, -0.2) is 4.39 Å². The second-order valence-electron chi connectivity index (χ2n) is 7.97. The molecule has 4 nitrogen and oxygen atoms in total. The summed E-state index contributed by atoms with van der Waals surface area (Å²) in [5.74, 6) is 0.499. The van der Waals surface area contributed by atoms with Crippen LogP contribution in [0, 0.1) is 5.82 Å². The number of carbonyl (C=O) groups is 1. The van der Waals surface area contributed by atoms with Crippen molar-refractivity contribution in [3.8, 4) is 5.75 Å². The van der Waals surface area contributed by atoms with Gasteiger partial charge in [-0.3, -0.25) is 4.79 Å². The number of carbonyl (C=O) groups excluding carboxylic acids is 1. The van der Waals surface area contributed by atoms with Crippen LogP contribution in [0.4, 0.5) is 15.8 Å². The molecule has 2 N–H and O–H groups in total. The Morgan fingerprint density at radius 3 is 2.52 bits per heavy atom. The third-order valence-corrected chi connectivity index (χ3v) is 6.09. The number of hydrogen-bond acceptors (Lipinski definition) is 4. The van der Waals surface area contributed by atoms with E-state index in [9.17, 15) is 9.18 Å². The molecule has 0 radical (unpaired) electrons. The van der Waals surface area contributed by atoms with E-state index in [1.807, 2.05) is 48.5 Å². The van der Waals surface area contributed by atoms with Crippen LogP contribution >= 0.6 is 0 Å². The summed E-state index contributed by atoms with van der Waals surface area (Å²) >= 11 is 0. The van der Waals surface area contributed by atoms with E-state index in [-0.39, 0.29) is 17.5 Å². The van der Waals surface area contributed by atoms with Crippen LogP contribution in [0.5, 0.6) is 5.75 Å². The first-order valence-corrected chi connectivity index (χ1v) is 10.4. The van der Waals surface area contributed by atoms with Gasteiger partial charge in [0.25, 0.3) is 0 Å². The number of Topliss-reactive ketones (excluding diaryl/α,β-unsaturated/α-hetero) is 1. The van der Waals surface area contributed by atoms with E-state index >= 15 is 0 Å². The van der Waals surface area contributed by atoms with Gasteiger partial charge in [-0.15, -0.1) is 0 Å². The van der Waals surface area contributed by atoms with E-state index in [2.05, 4.69) is 10.6 Å². The highest BCUT2D eigenvalue weighted by atomic mass is 19.1. The number of para-hydroxylation sites is 2. The van der Waals surface area contributed by atoms with Crippen LogP contribution in [0.15, 0.2) is 84.1 Å². The summed E-state index contributed by atoms with van der Waals surface area (Å²) in [5.41, 5.74) is 4.72. The summed E-state index contributed by atoms with van der Waals surface area (Å²) in [6, 6.07) is 21.7. The molecule has 0 saturated carbocycles. The number of nitrogens with one attached hydrogen (secondary N) is 2. The van der Waals surface area contributed by atoms with Crippen LogP contribution in [-0.2, 0) is 4.79 Å². The first-order chi connectivity index (χ1) is 15.1. The smallest absolute Gasteiger partial charge is 0.163 e. The first-order valence-electron chi connectivity index (χ1n) is 10.4. The molecule has 1 aliphatic carbocycles. The second-order valence-corrected chi connectivity index (χ2v) is 7.97. The molecule has 0 fully saturated rings. The first kappa shape index (κ1) is 19.4. The van der Waals surface area contributed by atoms with Gasteiger partial charge >= 0.3 is 0 Å². The summed E-state index contributed by atoms with van der Waals surface area (Å²) in [4.78, 5) is 13.5. The van der Waals surface area contributed by atoms with Crippen molar-refractivity contribution < 1.29 is 13.9 Å². The Labute approximate surface area is 180 Å². The number of ether oxygens (including phenoxy) is 1. The maximum Gasteiger partial charge on any atom is 0.163 e. The third kappa shape index (κ3) is 3.56. The minimum atomic E-state index is -0.550. The Bertz CT molecular complexity index is 1190. The highest BCUT2D eigenvalue weighted by Crippen LogP contribution is 2.44. The van der Waals surface area contributed by atoms with Crippen LogP contribution in [0.1, 0.15) is 35.9 Å². The van der Waals surface area contributed by atoms with E-state index in [0.717, 1.165) is 28.4 Å². The lowest BCUT2D eigenvalue weighted by atomic mass is 9.78. The molecular formula is C26H23FN2O2. The number of allylic oxidation sites excluding steroid dienone is 1. The van der Waals surface area contributed by atoms with Gasteiger partial charge in [-0.05, 0) is 48.2 Å². The minimum absolute atomic E-state index is 0.0233. The number of ketones is 1. The molecule has 0 spiro atoms. The number of hydrogen-bond donors (Lipinski definition) is 2. The predicted molar refractivity (Wildman–Crippen MR) is 120 cm³/mol. The van der Waals surface area contributed by atoms with Crippen molar-refractivity contribution >= 4 is 17.2 Å². The summed E-state index contributed by atoms with van der Waals surface area (Å²) in [6.07, 6.45) is 1.03. The van der Waals surface area contributed by atoms with Gasteiger partial charge in [-0.1, -0.05) is 42.5 Å². The van der Waals surface area contributed by atoms with Gasteiger partial charge in [-0.2, -0.15) is 0 Å². The minimum Gasteiger partial charge on any atom is -0.497 e. The summed E-state index contributed by atoms with van der Waals surface area (Å²) in [5, 5.41) is 6.90. The van der Waals surface area contributed by atoms with Crippen LogP contribution in [0.25, 0.3) is 0 Å². The average Bonchev–Trinajstić information content (AvgIpc) is 2.96. The van der Waals surface area contributed by atoms with Crippen molar-refractivity contribution in [2.45, 2.75) is 24.8 Å². The van der Waals surface area contributed by atoms with E-state index in [0.29, 0.717) is 24.0 Å². The van der Waals surface area contributed by atoms with E-state index in [1.165, 1.54) is 6.07 Å². The predicted octanol–water partition coefficient (Wildman–Crippen LogP) is 5.81. The molecule has 0 aromatic heterocycles. The number of fused-ring (bicyclic) bond motifs is 1. The van der Waals surface area contributed by atoms with E-state index < -0.39 is 6.04 Å². The molecule has 3 aromatic carbocycles. The van der Waals surface area contributed by atoms with Crippen LogP contribution in [0.3, 0.4) is 0 Å². The lowest BCUT2D eigenvalue weighted by Gasteiger charge is -2.30. The molecule has 2 aliphatic rings. The highest BCUT2D eigenvalue weighted by Gasteiger charge is 2.36. The Morgan fingerprint density at radius 2 is 1.71 bits per heavy atom. The highest BCUT2D eigenvalue weighted by molar-refractivity contribution is 6.01. The molecule has 1 aliphatic heterocycles. The zero-order valence-corrected chi connectivity index (χ0v) is 17.2. The summed E-state index contributed by atoms with van der Waals surface area (Å²) in [7, 11) is 1.64. The lowest BCUT2D eigenvalue weighted by molar-refractivity contribution is -0.116. The number of rotatable bonds is 3. The van der Waals surface area contributed by atoms with Crippen molar-refractivity contribution in [3.05, 3.63) is 101 Å². The largest absolute Gasteiger partial charge is 0.497 e. The standard InChI is InChI=1S/C26H23FN2O2/c1-31-18-8-6-7-16(13-18)17-14-23-25(24(30)15-17)26(19-9-2-3-10-20(19)27)29-22-12-5-4-11-21(22)28-23/h2-13,17,26,28-29H,14-15H2,1H3/t17-,26+/m1/s1. The number of anilines is 2. The third-order valence-electron chi connectivity index (χ3n) is 6.09. The molecule has 5 heteroatoms. The summed E-state index contributed by atoms with van der Waals surface area (Å²) < 4.78 is 20.2. The molecule has 5 rings (SSSR count). The number of benzene rings is 3. The number of halogens is 1. The molecule has 1 heterocycles. The van der Waals surface area contributed by atoms with Crippen molar-refractivity contribution in [2.24, 2.45) is 0 Å². The average molecular weight is 414 g/mol. The molecule has 31 heavy (non-hydrogen) atoms. The number of methoxy groups -OCH3 is 1. The van der Waals surface area contributed by atoms with Crippen molar-refractivity contribution in [3.63, 3.8) is 0 Å². The maximum absolute atomic E-state index is 14.8. The van der Waals surface area contributed by atoms with Crippen LogP contribution < -0.4 is 15.4 Å². The SMILES string of the molecule is COc1cccc([C@H]2CC(=O)C3=C(C2)Nc2ccccc2N[C@H]3c2ccccc2F)c1. The van der Waals surface area contributed by atoms with Gasteiger partial charge in [0.15, 0.2) is 5.78 Å². The fourth-order valence-electron chi connectivity index (χ4n) is 4.57. The molecule has 2 atom stereocenters. The molecular weight excluding hydrogens is 391 g/mol. The Morgan fingerprint density at radius 1 is 0.935 bits per heavy atom. The Kier molecular flexibility index (Phi) is 4.94. The topological polar surface area (TPSA) is 50.4 Å². The molecule has 0 amide bonds. The Hall–Kier alpha value is -3.60. The van der Waals surface area contributed by atoms with Crippen molar-refractivity contribution in [1.29, 1.82) is 0 Å². The lowest BCUT2D eigenvalue weighted by Crippen LogP contribution is -2.27. The van der Waals surface area contributed by atoms with Gasteiger partial charge in [0, 0.05) is 23.3 Å². The van der Waals surface area contributed by atoms with Crippen molar-refractivity contribution in [1.82, 2.24) is 0 Å². The molecule has 0 saturated heterocycles. The molecule has 3 aromatic rings. The van der Waals surface area contributed by atoms with Crippen LogP contribution in [-0.4, -0.2) is 12.9 Å². The van der Waals surface area contributed by atoms with Gasteiger partial charge in [0.05, 0.1) is 24.5 Å². The van der Waals surface area contributed by atoms with Crippen molar-refractivity contribution in [2.75, 3.05) is 17.7 Å². The van der Waals surface area contributed by atoms with Gasteiger partial charge in [0.1, 0.15) is 11.6 Å². The van der Waals surface area contributed by atoms with E-state index in [1.54, 1.807) is 25.3 Å². The fourth-order valence-corrected chi connectivity index (χ4v) is 4.57. The zero-order valence-electron chi connectivity index (χ0n) is 17.2. The van der Waals surface area contributed by atoms with Gasteiger partial charge in [0.2, 0.25) is 0 Å². The van der Waals surface area contributed by atoms with Crippen LogP contribution in [0.2, 0.25) is 0 Å². The normalized spacial score (nSPS) is 20.1. The monoisotopic (exact) mass is 414 g/mol. The fraction of sp³-hybridized carbons (Fsp3) is 0.192. The molecule has 0 bridgehead atoms. The Balaban J connectivity index is 1.61. The van der Waals surface area contributed by atoms with Gasteiger partial charge < -0.3 is 15.4 Å².